The molecule has 0 amide bonds. The van der Waals surface area contributed by atoms with Gasteiger partial charge in [0.2, 0.25) is 0 Å². The molecule has 2 nitrogen and oxygen atoms in total. The minimum absolute atomic E-state index is 0.114. The van der Waals surface area contributed by atoms with Gasteiger partial charge in [0.1, 0.15) is 5.75 Å². The standard InChI is InChI=1S/C11H14F3NO/c1-16-9-4-2-3-8(7-9)10(15)5-6-11(12,13)14/h2-4,7,10H,5-6,15H2,1H3/t10-/m1/s1. The van der Waals surface area contributed by atoms with Crippen LogP contribution in [0.15, 0.2) is 24.3 Å². The number of alkyl halides is 3. The van der Waals surface area contributed by atoms with Crippen LogP contribution in [0.25, 0.3) is 0 Å². The summed E-state index contributed by atoms with van der Waals surface area (Å²) in [6, 6.07) is 6.17. The highest BCUT2D eigenvalue weighted by molar-refractivity contribution is 5.30. The van der Waals surface area contributed by atoms with Crippen LogP contribution in [0.4, 0.5) is 13.2 Å². The number of rotatable bonds is 4. The van der Waals surface area contributed by atoms with E-state index in [9.17, 15) is 13.2 Å². The van der Waals surface area contributed by atoms with Crippen molar-refractivity contribution in [3.63, 3.8) is 0 Å². The fraction of sp³-hybridized carbons (Fsp3) is 0.455. The van der Waals surface area contributed by atoms with Gasteiger partial charge in [-0.2, -0.15) is 13.2 Å². The van der Waals surface area contributed by atoms with Crippen LogP contribution in [0.2, 0.25) is 0 Å². The lowest BCUT2D eigenvalue weighted by molar-refractivity contribution is -0.136. The Kier molecular flexibility index (Phi) is 4.18. The Bertz CT molecular complexity index is 338. The maximum atomic E-state index is 12.0. The molecule has 1 aromatic carbocycles. The van der Waals surface area contributed by atoms with E-state index in [1.807, 2.05) is 0 Å². The van der Waals surface area contributed by atoms with Crippen molar-refractivity contribution >= 4 is 0 Å². The zero-order valence-electron chi connectivity index (χ0n) is 8.92. The van der Waals surface area contributed by atoms with Gasteiger partial charge in [-0.1, -0.05) is 12.1 Å². The number of ether oxygens (including phenoxy) is 1. The van der Waals surface area contributed by atoms with E-state index in [1.165, 1.54) is 7.11 Å². The number of halogens is 3. The van der Waals surface area contributed by atoms with Crippen LogP contribution in [0.1, 0.15) is 24.4 Å². The molecule has 0 unspecified atom stereocenters. The summed E-state index contributed by atoms with van der Waals surface area (Å²) >= 11 is 0. The summed E-state index contributed by atoms with van der Waals surface area (Å²) in [4.78, 5) is 0. The molecular weight excluding hydrogens is 219 g/mol. The van der Waals surface area contributed by atoms with Crippen LogP contribution >= 0.6 is 0 Å². The largest absolute Gasteiger partial charge is 0.497 e. The predicted octanol–water partition coefficient (Wildman–Crippen LogP) is 3.04. The molecule has 1 aromatic rings. The minimum atomic E-state index is -4.16. The first-order valence-corrected chi connectivity index (χ1v) is 4.88. The first-order chi connectivity index (χ1) is 7.42. The summed E-state index contributed by atoms with van der Waals surface area (Å²) in [5.41, 5.74) is 6.33. The van der Waals surface area contributed by atoms with E-state index in [1.54, 1.807) is 24.3 Å². The van der Waals surface area contributed by atoms with Crippen molar-refractivity contribution in [2.75, 3.05) is 7.11 Å². The molecule has 0 bridgehead atoms. The van der Waals surface area contributed by atoms with E-state index >= 15 is 0 Å². The molecule has 1 rings (SSSR count). The van der Waals surface area contributed by atoms with Crippen LogP contribution in [-0.4, -0.2) is 13.3 Å². The summed E-state index contributed by atoms with van der Waals surface area (Å²) in [5, 5.41) is 0. The van der Waals surface area contributed by atoms with Gasteiger partial charge in [-0.3, -0.25) is 0 Å². The maximum Gasteiger partial charge on any atom is 0.389 e. The fourth-order valence-electron chi connectivity index (χ4n) is 1.36. The molecule has 0 radical (unpaired) electrons. The second-order valence-electron chi connectivity index (χ2n) is 3.54. The summed E-state index contributed by atoms with van der Waals surface area (Å²) in [6.45, 7) is 0. The van der Waals surface area contributed by atoms with Crippen molar-refractivity contribution in [2.24, 2.45) is 5.73 Å². The number of hydrogen-bond acceptors (Lipinski definition) is 2. The van der Waals surface area contributed by atoms with Crippen molar-refractivity contribution < 1.29 is 17.9 Å². The highest BCUT2D eigenvalue weighted by Crippen LogP contribution is 2.27. The second kappa shape index (κ2) is 5.21. The summed E-state index contributed by atoms with van der Waals surface area (Å²) < 4.78 is 41.0. The number of benzene rings is 1. The molecule has 0 heterocycles. The Hall–Kier alpha value is -1.23. The smallest absolute Gasteiger partial charge is 0.389 e. The lowest BCUT2D eigenvalue weighted by atomic mass is 10.0. The van der Waals surface area contributed by atoms with Gasteiger partial charge in [0.15, 0.2) is 0 Å². The summed E-state index contributed by atoms with van der Waals surface area (Å²) in [7, 11) is 1.50. The van der Waals surface area contributed by atoms with Gasteiger partial charge in [-0.25, -0.2) is 0 Å². The Morgan fingerprint density at radius 2 is 2.06 bits per heavy atom. The fourth-order valence-corrected chi connectivity index (χ4v) is 1.36. The third-order valence-electron chi connectivity index (χ3n) is 2.26. The Morgan fingerprint density at radius 3 is 2.62 bits per heavy atom. The van der Waals surface area contributed by atoms with Gasteiger partial charge < -0.3 is 10.5 Å². The number of hydrogen-bond donors (Lipinski definition) is 1. The van der Waals surface area contributed by atoms with Crippen LogP contribution in [0.3, 0.4) is 0 Å². The molecule has 16 heavy (non-hydrogen) atoms. The van der Waals surface area contributed by atoms with E-state index in [2.05, 4.69) is 0 Å². The van der Waals surface area contributed by atoms with E-state index in [0.717, 1.165) is 0 Å². The average molecular weight is 233 g/mol. The quantitative estimate of drug-likeness (QED) is 0.867. The molecule has 0 saturated carbocycles. The molecule has 0 aromatic heterocycles. The van der Waals surface area contributed by atoms with Crippen LogP contribution in [0.5, 0.6) is 5.75 Å². The normalized spacial score (nSPS) is 13.6. The molecule has 2 N–H and O–H groups in total. The highest BCUT2D eigenvalue weighted by Gasteiger charge is 2.27. The molecule has 0 saturated heterocycles. The molecule has 90 valence electrons. The molecule has 1 atom stereocenters. The monoisotopic (exact) mass is 233 g/mol. The topological polar surface area (TPSA) is 35.2 Å². The zero-order chi connectivity index (χ0) is 12.2. The Morgan fingerprint density at radius 1 is 1.38 bits per heavy atom. The van der Waals surface area contributed by atoms with Gasteiger partial charge in [-0.15, -0.1) is 0 Å². The summed E-state index contributed by atoms with van der Waals surface area (Å²) in [6.07, 6.45) is -5.14. The van der Waals surface area contributed by atoms with Crippen molar-refractivity contribution in [3.05, 3.63) is 29.8 Å². The minimum Gasteiger partial charge on any atom is -0.497 e. The van der Waals surface area contributed by atoms with Gasteiger partial charge in [0.05, 0.1) is 7.11 Å². The third kappa shape index (κ3) is 4.10. The average Bonchev–Trinajstić information content (AvgIpc) is 2.25. The van der Waals surface area contributed by atoms with E-state index in [-0.39, 0.29) is 6.42 Å². The maximum absolute atomic E-state index is 12.0. The molecule has 0 aliphatic carbocycles. The third-order valence-corrected chi connectivity index (χ3v) is 2.26. The van der Waals surface area contributed by atoms with Crippen molar-refractivity contribution in [1.82, 2.24) is 0 Å². The van der Waals surface area contributed by atoms with E-state index in [4.69, 9.17) is 10.5 Å². The van der Waals surface area contributed by atoms with Gasteiger partial charge in [0, 0.05) is 12.5 Å². The van der Waals surface area contributed by atoms with Crippen molar-refractivity contribution in [3.8, 4) is 5.75 Å². The SMILES string of the molecule is COc1cccc([C@H](N)CCC(F)(F)F)c1. The van der Waals surface area contributed by atoms with Crippen molar-refractivity contribution in [1.29, 1.82) is 0 Å². The lowest BCUT2D eigenvalue weighted by Gasteiger charge is -2.14. The predicted molar refractivity (Wildman–Crippen MR) is 55.2 cm³/mol. The lowest BCUT2D eigenvalue weighted by Crippen LogP contribution is -2.15. The van der Waals surface area contributed by atoms with Crippen LogP contribution in [-0.2, 0) is 0 Å². The number of nitrogens with two attached hydrogens (primary N) is 1. The first-order valence-electron chi connectivity index (χ1n) is 4.88. The van der Waals surface area contributed by atoms with Gasteiger partial charge >= 0.3 is 6.18 Å². The molecule has 5 heteroatoms. The van der Waals surface area contributed by atoms with Crippen LogP contribution < -0.4 is 10.5 Å². The summed E-state index contributed by atoms with van der Waals surface area (Å²) in [5.74, 6) is 0.597. The van der Waals surface area contributed by atoms with E-state index in [0.29, 0.717) is 11.3 Å². The van der Waals surface area contributed by atoms with Gasteiger partial charge in [0.25, 0.3) is 0 Å². The Balaban J connectivity index is 2.62. The van der Waals surface area contributed by atoms with Crippen molar-refractivity contribution in [2.45, 2.75) is 25.1 Å². The molecule has 0 fully saturated rings. The number of methoxy groups -OCH3 is 1. The molecular formula is C11H14F3NO. The van der Waals surface area contributed by atoms with Gasteiger partial charge in [-0.05, 0) is 24.1 Å². The first kappa shape index (κ1) is 12.8. The second-order valence-corrected chi connectivity index (χ2v) is 3.54. The zero-order valence-corrected chi connectivity index (χ0v) is 8.92. The highest BCUT2D eigenvalue weighted by atomic mass is 19.4. The van der Waals surface area contributed by atoms with Crippen LogP contribution in [0, 0.1) is 0 Å². The van der Waals surface area contributed by atoms with E-state index < -0.39 is 18.6 Å². The molecule has 0 aliphatic heterocycles. The molecule has 0 spiro atoms. The molecule has 0 aliphatic rings. The Labute approximate surface area is 92.2 Å².